The van der Waals surface area contributed by atoms with Crippen molar-refractivity contribution in [2.75, 3.05) is 4.90 Å². The topological polar surface area (TPSA) is 50.3 Å². The summed E-state index contributed by atoms with van der Waals surface area (Å²) in [7, 11) is 0. The second-order valence-electron chi connectivity index (χ2n) is 6.39. The predicted molar refractivity (Wildman–Crippen MR) is 82.0 cm³/mol. The second kappa shape index (κ2) is 4.03. The van der Waals surface area contributed by atoms with Gasteiger partial charge in [0.15, 0.2) is 0 Å². The zero-order chi connectivity index (χ0) is 14.8. The summed E-state index contributed by atoms with van der Waals surface area (Å²) in [5, 5.41) is 0.943. The van der Waals surface area contributed by atoms with Gasteiger partial charge in [-0.05, 0) is 42.5 Å². The van der Waals surface area contributed by atoms with Crippen LogP contribution in [0, 0.1) is 23.7 Å². The van der Waals surface area contributed by atoms with Crippen molar-refractivity contribution in [1.82, 2.24) is 4.98 Å². The first kappa shape index (κ1) is 12.1. The van der Waals surface area contributed by atoms with Crippen LogP contribution in [0.15, 0.2) is 48.7 Å². The number of nitrogens with zero attached hydrogens (tertiary/aromatic N) is 2. The minimum Gasteiger partial charge on any atom is -0.274 e. The smallest absolute Gasteiger partial charge is 0.238 e. The van der Waals surface area contributed by atoms with Crippen molar-refractivity contribution < 1.29 is 9.59 Å². The van der Waals surface area contributed by atoms with Crippen LogP contribution in [0.1, 0.15) is 6.42 Å². The Balaban J connectivity index is 1.60. The van der Waals surface area contributed by atoms with Gasteiger partial charge in [0.05, 0.1) is 23.0 Å². The van der Waals surface area contributed by atoms with Gasteiger partial charge in [0.25, 0.3) is 0 Å². The van der Waals surface area contributed by atoms with E-state index in [0.717, 1.165) is 17.3 Å². The van der Waals surface area contributed by atoms with Gasteiger partial charge in [-0.25, -0.2) is 4.90 Å². The van der Waals surface area contributed by atoms with E-state index in [1.165, 1.54) is 4.90 Å². The molecule has 1 saturated heterocycles. The minimum atomic E-state index is -0.146. The molecule has 3 aliphatic rings. The minimum absolute atomic E-state index is 0.0323. The van der Waals surface area contributed by atoms with Crippen molar-refractivity contribution in [2.45, 2.75) is 6.42 Å². The molecule has 1 aromatic carbocycles. The highest BCUT2D eigenvalue weighted by Gasteiger charge is 2.59. The third kappa shape index (κ3) is 1.39. The fourth-order valence-electron chi connectivity index (χ4n) is 4.36. The summed E-state index contributed by atoms with van der Waals surface area (Å²) in [5.41, 5.74) is 1.54. The van der Waals surface area contributed by atoms with Gasteiger partial charge in [0, 0.05) is 11.6 Å². The number of allylic oxidation sites excluding steroid dienone is 2. The van der Waals surface area contributed by atoms with Gasteiger partial charge in [-0.3, -0.25) is 14.6 Å². The van der Waals surface area contributed by atoms with E-state index in [0.29, 0.717) is 5.69 Å². The number of rotatable bonds is 1. The number of aromatic nitrogens is 1. The normalized spacial score (nSPS) is 32.3. The maximum atomic E-state index is 12.8. The molecule has 2 bridgehead atoms. The largest absolute Gasteiger partial charge is 0.274 e. The Kier molecular flexibility index (Phi) is 2.22. The second-order valence-corrected chi connectivity index (χ2v) is 6.39. The molecule has 1 aliphatic heterocycles. The molecule has 0 unspecified atom stereocenters. The lowest BCUT2D eigenvalue weighted by Gasteiger charge is -2.17. The summed E-state index contributed by atoms with van der Waals surface area (Å²) < 4.78 is 0. The number of amides is 2. The molecule has 1 aromatic heterocycles. The Morgan fingerprint density at radius 3 is 2.45 bits per heavy atom. The molecule has 1 saturated carbocycles. The molecular weight excluding hydrogens is 276 g/mol. The van der Waals surface area contributed by atoms with Gasteiger partial charge in [0.2, 0.25) is 11.8 Å². The van der Waals surface area contributed by atoms with Gasteiger partial charge < -0.3 is 0 Å². The number of imide groups is 1. The van der Waals surface area contributed by atoms with Crippen LogP contribution in [0.2, 0.25) is 0 Å². The summed E-state index contributed by atoms with van der Waals surface area (Å²) in [6.07, 6.45) is 6.93. The Morgan fingerprint density at radius 1 is 1.00 bits per heavy atom. The van der Waals surface area contributed by atoms with Gasteiger partial charge >= 0.3 is 0 Å². The van der Waals surface area contributed by atoms with Crippen molar-refractivity contribution >= 4 is 28.4 Å². The molecule has 2 aromatic rings. The number of hydrogen-bond acceptors (Lipinski definition) is 3. The van der Waals surface area contributed by atoms with Crippen LogP contribution in [0.25, 0.3) is 10.9 Å². The van der Waals surface area contributed by atoms with E-state index >= 15 is 0 Å². The maximum Gasteiger partial charge on any atom is 0.238 e. The van der Waals surface area contributed by atoms with Gasteiger partial charge in [-0.2, -0.15) is 0 Å². The number of pyridine rings is 1. The molecule has 0 N–H and O–H groups in total. The Morgan fingerprint density at radius 2 is 1.73 bits per heavy atom. The van der Waals surface area contributed by atoms with Crippen LogP contribution in [-0.2, 0) is 9.59 Å². The van der Waals surface area contributed by atoms with Crippen molar-refractivity contribution in [3.63, 3.8) is 0 Å². The maximum absolute atomic E-state index is 12.8. The number of fused-ring (bicyclic) bond motifs is 6. The number of anilines is 1. The molecule has 2 heterocycles. The Bertz CT molecular complexity index is 827. The molecule has 0 spiro atoms. The van der Waals surface area contributed by atoms with Gasteiger partial charge in [-0.1, -0.05) is 18.2 Å². The summed E-state index contributed by atoms with van der Waals surface area (Å²) in [4.78, 5) is 31.2. The van der Waals surface area contributed by atoms with E-state index in [1.807, 2.05) is 30.3 Å². The third-order valence-corrected chi connectivity index (χ3v) is 5.32. The van der Waals surface area contributed by atoms with Crippen LogP contribution in [0.5, 0.6) is 0 Å². The highest BCUT2D eigenvalue weighted by atomic mass is 16.2. The lowest BCUT2D eigenvalue weighted by Crippen LogP contribution is -2.32. The lowest BCUT2D eigenvalue weighted by molar-refractivity contribution is -0.123. The highest BCUT2D eigenvalue weighted by molar-refractivity contribution is 6.23. The zero-order valence-electron chi connectivity index (χ0n) is 11.8. The van der Waals surface area contributed by atoms with Crippen molar-refractivity contribution in [3.05, 3.63) is 48.7 Å². The Hall–Kier alpha value is -2.49. The average Bonchev–Trinajstić information content (AvgIpc) is 3.21. The first-order valence-electron chi connectivity index (χ1n) is 7.65. The summed E-state index contributed by atoms with van der Waals surface area (Å²) >= 11 is 0. The molecule has 2 fully saturated rings. The van der Waals surface area contributed by atoms with E-state index in [9.17, 15) is 9.59 Å². The Labute approximate surface area is 127 Å². The van der Waals surface area contributed by atoms with Crippen LogP contribution >= 0.6 is 0 Å². The standard InChI is InChI=1S/C18H14N2O2/c21-17-15-11-3-4-12(8-11)16(15)18(22)20(17)13-5-6-14-10(9-13)2-1-7-19-14/h1-7,9,11-12,15-16H,8H2/t11-,12-,15-,16-/m0/s1. The van der Waals surface area contributed by atoms with Crippen molar-refractivity contribution in [1.29, 1.82) is 0 Å². The number of carbonyl (C=O) groups is 2. The van der Waals surface area contributed by atoms with E-state index < -0.39 is 0 Å². The van der Waals surface area contributed by atoms with Gasteiger partial charge in [-0.15, -0.1) is 0 Å². The molecule has 22 heavy (non-hydrogen) atoms. The summed E-state index contributed by atoms with van der Waals surface area (Å²) in [5.74, 6) is 0.140. The monoisotopic (exact) mass is 290 g/mol. The quantitative estimate of drug-likeness (QED) is 0.599. The fraction of sp³-hybridized carbons (Fsp3) is 0.278. The predicted octanol–water partition coefficient (Wildman–Crippen LogP) is 2.55. The molecule has 0 radical (unpaired) electrons. The summed E-state index contributed by atoms with van der Waals surface area (Å²) in [6, 6.07) is 9.38. The molecule has 2 amide bonds. The fourth-order valence-corrected chi connectivity index (χ4v) is 4.36. The molecule has 4 atom stereocenters. The lowest BCUT2D eigenvalue weighted by atomic mass is 9.85. The first-order valence-corrected chi connectivity index (χ1v) is 7.65. The SMILES string of the molecule is O=C1[C@@H]2[C@@H](C(=O)N1c1ccc3ncccc3c1)[C@H]1C=C[C@H]2C1. The van der Waals surface area contributed by atoms with Crippen LogP contribution in [-0.4, -0.2) is 16.8 Å². The molecule has 4 heteroatoms. The highest BCUT2D eigenvalue weighted by Crippen LogP contribution is 2.53. The van der Waals surface area contributed by atoms with Crippen molar-refractivity contribution in [3.8, 4) is 0 Å². The van der Waals surface area contributed by atoms with Crippen LogP contribution in [0.3, 0.4) is 0 Å². The molecule has 2 aliphatic carbocycles. The van der Waals surface area contributed by atoms with E-state index in [2.05, 4.69) is 17.1 Å². The van der Waals surface area contributed by atoms with Gasteiger partial charge in [0.1, 0.15) is 0 Å². The van der Waals surface area contributed by atoms with E-state index in [1.54, 1.807) is 6.20 Å². The number of benzene rings is 1. The molecule has 4 nitrogen and oxygen atoms in total. The molecule has 108 valence electrons. The van der Waals surface area contributed by atoms with Crippen molar-refractivity contribution in [2.24, 2.45) is 23.7 Å². The van der Waals surface area contributed by atoms with Crippen LogP contribution < -0.4 is 4.90 Å². The van der Waals surface area contributed by atoms with E-state index in [4.69, 9.17) is 0 Å². The average molecular weight is 290 g/mol. The molecular formula is C18H14N2O2. The third-order valence-electron chi connectivity index (χ3n) is 5.32. The number of carbonyl (C=O) groups excluding carboxylic acids is 2. The first-order chi connectivity index (χ1) is 10.7. The summed E-state index contributed by atoms with van der Waals surface area (Å²) in [6.45, 7) is 0. The number of hydrogen-bond donors (Lipinski definition) is 0. The zero-order valence-corrected chi connectivity index (χ0v) is 11.8. The van der Waals surface area contributed by atoms with E-state index in [-0.39, 0.29) is 35.5 Å². The molecule has 5 rings (SSSR count). The van der Waals surface area contributed by atoms with Crippen LogP contribution in [0.4, 0.5) is 5.69 Å².